The highest BCUT2D eigenvalue weighted by Gasteiger charge is 2.06. The third-order valence-electron chi connectivity index (χ3n) is 2.48. The lowest BCUT2D eigenvalue weighted by Crippen LogP contribution is -2.21. The maximum atomic E-state index is 7.17. The van der Waals surface area contributed by atoms with Gasteiger partial charge in [0.15, 0.2) is 5.96 Å². The Morgan fingerprint density at radius 2 is 2.05 bits per heavy atom. The fourth-order valence-corrected chi connectivity index (χ4v) is 1.50. The van der Waals surface area contributed by atoms with Crippen molar-refractivity contribution in [1.82, 2.24) is 4.98 Å². The first-order valence-corrected chi connectivity index (χ1v) is 5.49. The first kappa shape index (κ1) is 12.6. The SMILES string of the molecule is CN(C=N)c1ccc(-c2coc(N=C(N)N)n2)cc1. The fraction of sp³-hybridized carbons (Fsp3) is 0.0833. The number of rotatable bonds is 4. The van der Waals surface area contributed by atoms with Crippen LogP contribution in [0.3, 0.4) is 0 Å². The Bertz CT molecular complexity index is 597. The quantitative estimate of drug-likeness (QED) is 0.564. The number of nitrogens with two attached hydrogens (primary N) is 2. The number of hydrogen-bond donors (Lipinski definition) is 3. The van der Waals surface area contributed by atoms with Crippen LogP contribution in [-0.4, -0.2) is 24.3 Å². The van der Waals surface area contributed by atoms with Crippen LogP contribution in [0.1, 0.15) is 0 Å². The predicted molar refractivity (Wildman–Crippen MR) is 74.6 cm³/mol. The van der Waals surface area contributed by atoms with Gasteiger partial charge in [-0.05, 0) is 12.1 Å². The molecule has 1 aromatic carbocycles. The average molecular weight is 258 g/mol. The first-order valence-electron chi connectivity index (χ1n) is 5.49. The first-order chi connectivity index (χ1) is 9.10. The van der Waals surface area contributed by atoms with Gasteiger partial charge in [-0.2, -0.15) is 9.98 Å². The number of oxazole rings is 1. The summed E-state index contributed by atoms with van der Waals surface area (Å²) in [6, 6.07) is 7.65. The molecule has 0 unspecified atom stereocenters. The van der Waals surface area contributed by atoms with E-state index in [1.54, 1.807) is 11.9 Å². The van der Waals surface area contributed by atoms with Crippen molar-refractivity contribution < 1.29 is 4.42 Å². The average Bonchev–Trinajstić information content (AvgIpc) is 2.85. The van der Waals surface area contributed by atoms with E-state index in [0.717, 1.165) is 11.3 Å². The summed E-state index contributed by atoms with van der Waals surface area (Å²) in [6.07, 6.45) is 2.72. The van der Waals surface area contributed by atoms with Crippen LogP contribution in [-0.2, 0) is 0 Å². The van der Waals surface area contributed by atoms with E-state index < -0.39 is 0 Å². The Labute approximate surface area is 110 Å². The van der Waals surface area contributed by atoms with Gasteiger partial charge in [0.2, 0.25) is 0 Å². The number of nitrogens with one attached hydrogen (secondary N) is 1. The number of benzene rings is 1. The fourth-order valence-electron chi connectivity index (χ4n) is 1.50. The summed E-state index contributed by atoms with van der Waals surface area (Å²) in [4.78, 5) is 9.56. The van der Waals surface area contributed by atoms with Crippen molar-refractivity contribution in [3.63, 3.8) is 0 Å². The number of hydrogen-bond acceptors (Lipinski definition) is 4. The second-order valence-corrected chi connectivity index (χ2v) is 3.84. The molecule has 0 atom stereocenters. The minimum absolute atomic E-state index is 0.101. The Morgan fingerprint density at radius 3 is 2.63 bits per heavy atom. The lowest BCUT2D eigenvalue weighted by atomic mass is 10.1. The summed E-state index contributed by atoms with van der Waals surface area (Å²) in [5.41, 5.74) is 12.9. The molecule has 0 spiro atoms. The molecule has 7 nitrogen and oxygen atoms in total. The standard InChI is InChI=1S/C12H14N6O/c1-18(7-13)9-4-2-8(3-5-9)10-6-19-12(16-10)17-11(14)15/h2-7,13H,1H3,(H4,14,15,16,17). The maximum Gasteiger partial charge on any atom is 0.325 e. The molecule has 7 heteroatoms. The zero-order chi connectivity index (χ0) is 13.8. The van der Waals surface area contributed by atoms with Crippen molar-refractivity contribution in [2.45, 2.75) is 0 Å². The minimum atomic E-state index is -0.101. The normalized spacial score (nSPS) is 9.95. The zero-order valence-electron chi connectivity index (χ0n) is 10.4. The van der Waals surface area contributed by atoms with E-state index in [-0.39, 0.29) is 12.0 Å². The third kappa shape index (κ3) is 2.89. The Balaban J connectivity index is 2.25. The second-order valence-electron chi connectivity index (χ2n) is 3.84. The largest absolute Gasteiger partial charge is 0.430 e. The lowest BCUT2D eigenvalue weighted by Gasteiger charge is -2.11. The summed E-state index contributed by atoms with van der Waals surface area (Å²) in [6.45, 7) is 0. The van der Waals surface area contributed by atoms with Gasteiger partial charge in [0.25, 0.3) is 0 Å². The number of aromatic nitrogens is 1. The Morgan fingerprint density at radius 1 is 1.37 bits per heavy atom. The number of guanidine groups is 1. The Kier molecular flexibility index (Phi) is 3.46. The summed E-state index contributed by atoms with van der Waals surface area (Å²) < 4.78 is 5.12. The van der Waals surface area contributed by atoms with Gasteiger partial charge in [0.1, 0.15) is 12.0 Å². The molecule has 2 rings (SSSR count). The molecule has 0 saturated heterocycles. The van der Waals surface area contributed by atoms with Gasteiger partial charge in [-0.25, -0.2) is 0 Å². The van der Waals surface area contributed by atoms with E-state index in [1.165, 1.54) is 12.6 Å². The van der Waals surface area contributed by atoms with Crippen molar-refractivity contribution in [2.24, 2.45) is 16.5 Å². The van der Waals surface area contributed by atoms with Crippen molar-refractivity contribution in [1.29, 1.82) is 5.41 Å². The molecular formula is C12H14N6O. The molecule has 0 amide bonds. The van der Waals surface area contributed by atoms with Crippen LogP contribution in [0.5, 0.6) is 0 Å². The van der Waals surface area contributed by atoms with Gasteiger partial charge in [0, 0.05) is 18.3 Å². The summed E-state index contributed by atoms with van der Waals surface area (Å²) in [5, 5.41) is 7.17. The third-order valence-corrected chi connectivity index (χ3v) is 2.48. The molecule has 2 aromatic rings. The van der Waals surface area contributed by atoms with Crippen LogP contribution in [0.15, 0.2) is 39.9 Å². The second kappa shape index (κ2) is 5.21. The molecule has 0 bridgehead atoms. The van der Waals surface area contributed by atoms with Crippen LogP contribution in [0.2, 0.25) is 0 Å². The van der Waals surface area contributed by atoms with Crippen molar-refractivity contribution in [3.8, 4) is 11.3 Å². The van der Waals surface area contributed by atoms with Gasteiger partial charge in [-0.1, -0.05) is 12.1 Å². The van der Waals surface area contributed by atoms with Gasteiger partial charge >= 0.3 is 6.01 Å². The van der Waals surface area contributed by atoms with Crippen LogP contribution in [0.4, 0.5) is 11.7 Å². The van der Waals surface area contributed by atoms with Crippen LogP contribution < -0.4 is 16.4 Å². The summed E-state index contributed by atoms with van der Waals surface area (Å²) >= 11 is 0. The Hall–Kier alpha value is -2.83. The molecule has 0 aliphatic rings. The number of nitrogens with zero attached hydrogens (tertiary/aromatic N) is 3. The molecule has 1 heterocycles. The molecule has 1 aromatic heterocycles. The van der Waals surface area contributed by atoms with Crippen molar-refractivity contribution >= 4 is 24.0 Å². The highest BCUT2D eigenvalue weighted by molar-refractivity contribution is 5.78. The molecule has 0 fully saturated rings. The van der Waals surface area contributed by atoms with Crippen molar-refractivity contribution in [2.75, 3.05) is 11.9 Å². The monoisotopic (exact) mass is 258 g/mol. The predicted octanol–water partition coefficient (Wildman–Crippen LogP) is 1.29. The minimum Gasteiger partial charge on any atom is -0.430 e. The van der Waals surface area contributed by atoms with Crippen LogP contribution in [0.25, 0.3) is 11.3 Å². The number of aliphatic imine (C=N–C) groups is 1. The van der Waals surface area contributed by atoms with Crippen LogP contribution in [0, 0.1) is 5.41 Å². The van der Waals surface area contributed by atoms with Gasteiger partial charge in [-0.15, -0.1) is 0 Å². The summed E-state index contributed by atoms with van der Waals surface area (Å²) in [7, 11) is 1.80. The van der Waals surface area contributed by atoms with E-state index in [4.69, 9.17) is 21.3 Å². The van der Waals surface area contributed by atoms with E-state index in [9.17, 15) is 0 Å². The molecule has 5 N–H and O–H groups in total. The van der Waals surface area contributed by atoms with Crippen molar-refractivity contribution in [3.05, 3.63) is 30.5 Å². The van der Waals surface area contributed by atoms with E-state index in [1.807, 2.05) is 24.3 Å². The van der Waals surface area contributed by atoms with Crippen LogP contribution >= 0.6 is 0 Å². The smallest absolute Gasteiger partial charge is 0.325 e. The van der Waals surface area contributed by atoms with Gasteiger partial charge in [0.05, 0.1) is 6.34 Å². The number of anilines is 1. The maximum absolute atomic E-state index is 7.17. The molecule has 0 aliphatic heterocycles. The van der Waals surface area contributed by atoms with Gasteiger partial charge < -0.3 is 20.8 Å². The van der Waals surface area contributed by atoms with E-state index >= 15 is 0 Å². The molecular weight excluding hydrogens is 244 g/mol. The highest BCUT2D eigenvalue weighted by Crippen LogP contribution is 2.24. The summed E-state index contributed by atoms with van der Waals surface area (Å²) in [5.74, 6) is -0.101. The molecule has 0 saturated carbocycles. The topological polar surface area (TPSA) is 118 Å². The van der Waals surface area contributed by atoms with E-state index in [0.29, 0.717) is 5.69 Å². The molecule has 0 radical (unpaired) electrons. The lowest BCUT2D eigenvalue weighted by molar-refractivity contribution is 0.570. The van der Waals surface area contributed by atoms with Gasteiger partial charge in [-0.3, -0.25) is 5.41 Å². The zero-order valence-corrected chi connectivity index (χ0v) is 10.4. The van der Waals surface area contributed by atoms with E-state index in [2.05, 4.69) is 9.98 Å². The molecule has 98 valence electrons. The molecule has 0 aliphatic carbocycles. The molecule has 19 heavy (non-hydrogen) atoms. The highest BCUT2D eigenvalue weighted by atomic mass is 16.4.